The molecule has 0 atom stereocenters. The number of hydrogen-bond acceptors (Lipinski definition) is 4. The quantitative estimate of drug-likeness (QED) is 0.580. The number of aromatic nitrogens is 4. The Balaban J connectivity index is 2.09. The number of H-pyrrole nitrogens is 1. The first-order chi connectivity index (χ1) is 10.6. The van der Waals surface area contributed by atoms with Crippen molar-refractivity contribution in [3.05, 3.63) is 50.9 Å². The molecule has 0 unspecified atom stereocenters. The van der Waals surface area contributed by atoms with E-state index >= 15 is 0 Å². The number of thiazole rings is 1. The van der Waals surface area contributed by atoms with Crippen molar-refractivity contribution in [3.8, 4) is 5.13 Å². The molecule has 0 fully saturated rings. The Morgan fingerprint density at radius 2 is 2.05 bits per heavy atom. The molecule has 110 valence electrons. The van der Waals surface area contributed by atoms with Gasteiger partial charge < -0.3 is 4.98 Å². The number of rotatable bonds is 1. The van der Waals surface area contributed by atoms with E-state index in [1.807, 2.05) is 24.3 Å². The highest BCUT2D eigenvalue weighted by Gasteiger charge is 2.18. The Morgan fingerprint density at radius 1 is 1.27 bits per heavy atom. The molecule has 0 radical (unpaired) electrons. The van der Waals surface area contributed by atoms with E-state index in [1.165, 1.54) is 11.3 Å². The lowest BCUT2D eigenvalue weighted by Gasteiger charge is -2.01. The molecule has 0 saturated carbocycles. The lowest BCUT2D eigenvalue weighted by atomic mass is 10.2. The van der Waals surface area contributed by atoms with Gasteiger partial charge in [-0.2, -0.15) is 9.78 Å². The Hall–Kier alpha value is -2.18. The van der Waals surface area contributed by atoms with Crippen LogP contribution in [0.1, 0.15) is 11.4 Å². The van der Waals surface area contributed by atoms with Crippen LogP contribution in [-0.4, -0.2) is 19.7 Å². The van der Waals surface area contributed by atoms with E-state index in [0.29, 0.717) is 22.4 Å². The maximum Gasteiger partial charge on any atom is 0.213 e. The first-order valence-electron chi connectivity index (χ1n) is 6.70. The number of halogens is 1. The molecule has 0 aliphatic rings. The molecule has 5 nitrogen and oxygen atoms in total. The van der Waals surface area contributed by atoms with Crippen molar-refractivity contribution >= 4 is 44.2 Å². The molecule has 0 aliphatic carbocycles. The molecule has 1 aromatic carbocycles. The predicted molar refractivity (Wildman–Crippen MR) is 89.4 cm³/mol. The lowest BCUT2D eigenvalue weighted by Crippen LogP contribution is -2.07. The second kappa shape index (κ2) is 4.66. The number of fused-ring (bicyclic) bond motifs is 2. The largest absolute Gasteiger partial charge is 0.342 e. The minimum Gasteiger partial charge on any atom is -0.342 e. The average Bonchev–Trinajstić information content (AvgIpc) is 3.06. The summed E-state index contributed by atoms with van der Waals surface area (Å²) in [6.45, 7) is 3.57. The second-order valence-electron chi connectivity index (χ2n) is 5.08. The molecule has 0 spiro atoms. The highest BCUT2D eigenvalue weighted by molar-refractivity contribution is 7.20. The summed E-state index contributed by atoms with van der Waals surface area (Å²) in [6, 6.07) is 7.89. The van der Waals surface area contributed by atoms with Crippen LogP contribution in [0.25, 0.3) is 26.4 Å². The molecule has 0 amide bonds. The normalized spacial score (nSPS) is 11.6. The van der Waals surface area contributed by atoms with Crippen molar-refractivity contribution in [1.82, 2.24) is 19.7 Å². The fourth-order valence-electron chi connectivity index (χ4n) is 2.52. The molecule has 1 N–H and O–H groups in total. The zero-order valence-corrected chi connectivity index (χ0v) is 13.4. The molecular weight excluding hydrogens is 320 g/mol. The summed E-state index contributed by atoms with van der Waals surface area (Å²) in [4.78, 5) is 20.1. The van der Waals surface area contributed by atoms with E-state index in [1.54, 1.807) is 18.5 Å². The van der Waals surface area contributed by atoms with Crippen LogP contribution in [0.4, 0.5) is 0 Å². The van der Waals surface area contributed by atoms with Crippen LogP contribution in [0.2, 0.25) is 5.02 Å². The predicted octanol–water partition coefficient (Wildman–Crippen LogP) is 3.59. The molecule has 0 bridgehead atoms. The highest BCUT2D eigenvalue weighted by atomic mass is 35.5. The summed E-state index contributed by atoms with van der Waals surface area (Å²) in [6.07, 6.45) is 0. The van der Waals surface area contributed by atoms with Crippen molar-refractivity contribution in [2.75, 3.05) is 0 Å². The first-order valence-corrected chi connectivity index (χ1v) is 7.89. The van der Waals surface area contributed by atoms with Gasteiger partial charge in [0.2, 0.25) is 10.6 Å². The topological polar surface area (TPSA) is 63.6 Å². The maximum atomic E-state index is 12.4. The zero-order valence-electron chi connectivity index (χ0n) is 11.8. The van der Waals surface area contributed by atoms with Crippen molar-refractivity contribution < 1.29 is 0 Å². The molecule has 4 aromatic rings. The van der Waals surface area contributed by atoms with Crippen LogP contribution in [0.5, 0.6) is 0 Å². The van der Waals surface area contributed by atoms with E-state index in [4.69, 9.17) is 11.6 Å². The highest BCUT2D eigenvalue weighted by Crippen LogP contribution is 2.27. The van der Waals surface area contributed by atoms with Crippen molar-refractivity contribution in [1.29, 1.82) is 0 Å². The van der Waals surface area contributed by atoms with Crippen LogP contribution < -0.4 is 5.43 Å². The fourth-order valence-corrected chi connectivity index (χ4v) is 3.58. The van der Waals surface area contributed by atoms with Crippen molar-refractivity contribution in [2.45, 2.75) is 13.8 Å². The van der Waals surface area contributed by atoms with E-state index in [0.717, 1.165) is 15.3 Å². The van der Waals surface area contributed by atoms with E-state index in [9.17, 15) is 4.79 Å². The summed E-state index contributed by atoms with van der Waals surface area (Å²) in [5.41, 5.74) is 2.61. The summed E-state index contributed by atoms with van der Waals surface area (Å²) in [7, 11) is 0. The van der Waals surface area contributed by atoms with Gasteiger partial charge in [-0.25, -0.2) is 4.98 Å². The summed E-state index contributed by atoms with van der Waals surface area (Å²) >= 11 is 7.58. The number of aromatic amines is 1. The monoisotopic (exact) mass is 330 g/mol. The summed E-state index contributed by atoms with van der Waals surface area (Å²) in [5, 5.41) is 5.91. The van der Waals surface area contributed by atoms with Gasteiger partial charge in [0, 0.05) is 5.69 Å². The smallest absolute Gasteiger partial charge is 0.213 e. The molecule has 22 heavy (non-hydrogen) atoms. The Bertz CT molecular complexity index is 1060. The van der Waals surface area contributed by atoms with Crippen LogP contribution >= 0.6 is 22.9 Å². The Kier molecular flexibility index (Phi) is 2.85. The van der Waals surface area contributed by atoms with Crippen LogP contribution in [0.3, 0.4) is 0 Å². The van der Waals surface area contributed by atoms with Gasteiger partial charge >= 0.3 is 0 Å². The molecular formula is C15H11ClN4OS. The van der Waals surface area contributed by atoms with Gasteiger partial charge in [0.05, 0.1) is 21.3 Å². The third kappa shape index (κ3) is 1.81. The molecule has 0 aliphatic heterocycles. The Labute approximate surface area is 134 Å². The molecule has 0 saturated heterocycles. The van der Waals surface area contributed by atoms with Gasteiger partial charge in [-0.3, -0.25) is 4.79 Å². The number of benzene rings is 1. The number of nitrogens with one attached hydrogen (secondary N) is 1. The number of aryl methyl sites for hydroxylation is 2. The lowest BCUT2D eigenvalue weighted by molar-refractivity contribution is 0.869. The van der Waals surface area contributed by atoms with E-state index in [-0.39, 0.29) is 10.5 Å². The third-order valence-corrected chi connectivity index (χ3v) is 5.05. The maximum absolute atomic E-state index is 12.4. The summed E-state index contributed by atoms with van der Waals surface area (Å²) in [5.74, 6) is 0. The Morgan fingerprint density at radius 3 is 2.82 bits per heavy atom. The van der Waals surface area contributed by atoms with Gasteiger partial charge in [-0.15, -0.1) is 0 Å². The standard InChI is InChI=1S/C15H11ClN4OS/c1-7-11-13(21)12(16)8(2)17-14(11)20(19-7)15-18-9-5-3-4-6-10(9)22-15/h3-6H,1-2H3,(H,17,21). The number of nitrogens with zero attached hydrogens (tertiary/aromatic N) is 3. The van der Waals surface area contributed by atoms with Gasteiger partial charge in [0.25, 0.3) is 0 Å². The average molecular weight is 331 g/mol. The van der Waals surface area contributed by atoms with E-state index in [2.05, 4.69) is 15.1 Å². The van der Waals surface area contributed by atoms with Crippen molar-refractivity contribution in [3.63, 3.8) is 0 Å². The number of pyridine rings is 1. The molecule has 3 aromatic heterocycles. The third-order valence-electron chi connectivity index (χ3n) is 3.59. The SMILES string of the molecule is Cc1[nH]c2c(c(C)nn2-c2nc3ccccc3s2)c(=O)c1Cl. The van der Waals surface area contributed by atoms with Gasteiger partial charge in [0.15, 0.2) is 0 Å². The van der Waals surface area contributed by atoms with E-state index < -0.39 is 0 Å². The van der Waals surface area contributed by atoms with Crippen LogP contribution in [-0.2, 0) is 0 Å². The second-order valence-corrected chi connectivity index (χ2v) is 6.47. The van der Waals surface area contributed by atoms with Crippen LogP contribution in [0.15, 0.2) is 29.1 Å². The molecule has 7 heteroatoms. The minimum absolute atomic E-state index is 0.197. The zero-order chi connectivity index (χ0) is 15.4. The fraction of sp³-hybridized carbons (Fsp3) is 0.133. The molecule has 4 rings (SSSR count). The van der Waals surface area contributed by atoms with Crippen molar-refractivity contribution in [2.24, 2.45) is 0 Å². The first kappa shape index (κ1) is 13.5. The minimum atomic E-state index is -0.197. The number of hydrogen-bond donors (Lipinski definition) is 1. The number of para-hydroxylation sites is 1. The summed E-state index contributed by atoms with van der Waals surface area (Å²) < 4.78 is 2.76. The van der Waals surface area contributed by atoms with Crippen LogP contribution in [0, 0.1) is 13.8 Å². The molecule has 3 heterocycles. The van der Waals surface area contributed by atoms with Gasteiger partial charge in [-0.05, 0) is 26.0 Å². The van der Waals surface area contributed by atoms with Gasteiger partial charge in [0.1, 0.15) is 10.7 Å². The van der Waals surface area contributed by atoms with Gasteiger partial charge in [-0.1, -0.05) is 35.1 Å².